The van der Waals surface area contributed by atoms with Crippen molar-refractivity contribution in [3.63, 3.8) is 0 Å². The molecule has 1 heterocycles. The Morgan fingerprint density at radius 1 is 1.14 bits per heavy atom. The van der Waals surface area contributed by atoms with E-state index in [2.05, 4.69) is 5.32 Å². The van der Waals surface area contributed by atoms with Gasteiger partial charge < -0.3 is 19.5 Å². The van der Waals surface area contributed by atoms with Gasteiger partial charge in [-0.1, -0.05) is 11.6 Å². The number of halogens is 1. The molecule has 0 aliphatic carbocycles. The van der Waals surface area contributed by atoms with E-state index in [4.69, 9.17) is 25.8 Å². The van der Waals surface area contributed by atoms with Gasteiger partial charge in [0.25, 0.3) is 0 Å². The van der Waals surface area contributed by atoms with Crippen molar-refractivity contribution >= 4 is 29.3 Å². The molecule has 0 spiro atoms. The van der Waals surface area contributed by atoms with Crippen LogP contribution in [-0.2, 0) is 11.2 Å². The van der Waals surface area contributed by atoms with E-state index < -0.39 is 0 Å². The van der Waals surface area contributed by atoms with Crippen LogP contribution in [0.5, 0.6) is 17.2 Å². The Hall–Kier alpha value is -2.05. The molecule has 1 aliphatic heterocycles. The molecule has 0 saturated heterocycles. The van der Waals surface area contributed by atoms with Gasteiger partial charge in [-0.15, -0.1) is 11.8 Å². The lowest BCUT2D eigenvalue weighted by molar-refractivity contribution is -0.121. The van der Waals surface area contributed by atoms with Gasteiger partial charge in [-0.3, -0.25) is 4.79 Å². The maximum Gasteiger partial charge on any atom is 0.220 e. The minimum atomic E-state index is 0.00221. The van der Waals surface area contributed by atoms with Crippen LogP contribution in [0.3, 0.4) is 0 Å². The summed E-state index contributed by atoms with van der Waals surface area (Å²) in [5.41, 5.74) is 2.05. The summed E-state index contributed by atoms with van der Waals surface area (Å²) in [5.74, 6) is 2.71. The molecule has 0 bridgehead atoms. The Kier molecular flexibility index (Phi) is 6.97. The van der Waals surface area contributed by atoms with Crippen molar-refractivity contribution in [1.82, 2.24) is 5.32 Å². The number of nitrogens with one attached hydrogen (secondary N) is 1. The first-order valence-corrected chi connectivity index (χ1v) is 10.4. The van der Waals surface area contributed by atoms with Crippen LogP contribution in [0.1, 0.15) is 30.0 Å². The summed E-state index contributed by atoms with van der Waals surface area (Å²) < 4.78 is 16.1. The normalized spacial score (nSPS) is 15.5. The Balaban J connectivity index is 1.66. The van der Waals surface area contributed by atoms with E-state index in [0.29, 0.717) is 35.1 Å². The molecule has 0 fully saturated rings. The summed E-state index contributed by atoms with van der Waals surface area (Å²) in [4.78, 5) is 13.8. The van der Waals surface area contributed by atoms with Gasteiger partial charge >= 0.3 is 0 Å². The summed E-state index contributed by atoms with van der Waals surface area (Å²) in [6.45, 7) is 0. The number of thioether (sulfide) groups is 1. The molecule has 2 aromatic rings. The second-order valence-corrected chi connectivity index (χ2v) is 8.05. The van der Waals surface area contributed by atoms with Crippen molar-refractivity contribution in [2.75, 3.05) is 27.1 Å². The van der Waals surface area contributed by atoms with E-state index in [1.807, 2.05) is 30.3 Å². The first-order chi connectivity index (χ1) is 13.5. The molecule has 3 rings (SSSR count). The molecule has 0 aromatic heterocycles. The van der Waals surface area contributed by atoms with Crippen molar-refractivity contribution in [2.45, 2.75) is 30.2 Å². The fraction of sp³-hybridized carbons (Fsp3) is 0.381. The maximum atomic E-state index is 12.6. The van der Waals surface area contributed by atoms with Gasteiger partial charge in [-0.2, -0.15) is 0 Å². The van der Waals surface area contributed by atoms with Crippen LogP contribution >= 0.6 is 23.4 Å². The van der Waals surface area contributed by atoms with Crippen LogP contribution in [-0.4, -0.2) is 33.0 Å². The first-order valence-electron chi connectivity index (χ1n) is 9.06. The highest BCUT2D eigenvalue weighted by molar-refractivity contribution is 7.99. The number of rotatable bonds is 7. The first kappa shape index (κ1) is 20.7. The molecule has 28 heavy (non-hydrogen) atoms. The van der Waals surface area contributed by atoms with Gasteiger partial charge in [0, 0.05) is 22.1 Å². The SMILES string of the molecule is COc1cc(CCC(=O)NC2CCSc3ccc(Cl)cc32)cc(OC)c1OC. The monoisotopic (exact) mass is 421 g/mol. The van der Waals surface area contributed by atoms with Crippen LogP contribution < -0.4 is 19.5 Å². The zero-order chi connectivity index (χ0) is 20.1. The second-order valence-electron chi connectivity index (χ2n) is 6.47. The highest BCUT2D eigenvalue weighted by atomic mass is 35.5. The van der Waals surface area contributed by atoms with E-state index in [1.54, 1.807) is 33.1 Å². The van der Waals surface area contributed by atoms with Crippen molar-refractivity contribution in [3.8, 4) is 17.2 Å². The quantitative estimate of drug-likeness (QED) is 0.705. The second kappa shape index (κ2) is 9.43. The third-order valence-electron chi connectivity index (χ3n) is 4.71. The van der Waals surface area contributed by atoms with E-state index >= 15 is 0 Å². The lowest BCUT2D eigenvalue weighted by Crippen LogP contribution is -2.30. The molecule has 0 saturated carbocycles. The smallest absolute Gasteiger partial charge is 0.220 e. The Morgan fingerprint density at radius 2 is 1.86 bits per heavy atom. The number of carbonyl (C=O) groups excluding carboxylic acids is 1. The van der Waals surface area contributed by atoms with Crippen molar-refractivity contribution in [3.05, 3.63) is 46.5 Å². The minimum Gasteiger partial charge on any atom is -0.493 e. The van der Waals surface area contributed by atoms with E-state index in [1.165, 1.54) is 4.90 Å². The largest absolute Gasteiger partial charge is 0.493 e. The highest BCUT2D eigenvalue weighted by Crippen LogP contribution is 2.39. The molecule has 5 nitrogen and oxygen atoms in total. The van der Waals surface area contributed by atoms with Crippen LogP contribution in [0.2, 0.25) is 5.02 Å². The molecule has 7 heteroatoms. The molecule has 0 radical (unpaired) electrons. The topological polar surface area (TPSA) is 56.8 Å². The van der Waals surface area contributed by atoms with Gasteiger partial charge in [0.05, 0.1) is 27.4 Å². The molecule has 1 unspecified atom stereocenters. The number of methoxy groups -OCH3 is 3. The van der Waals surface area contributed by atoms with E-state index in [9.17, 15) is 4.79 Å². The maximum absolute atomic E-state index is 12.6. The Bertz CT molecular complexity index is 833. The zero-order valence-electron chi connectivity index (χ0n) is 16.2. The number of hydrogen-bond acceptors (Lipinski definition) is 5. The van der Waals surface area contributed by atoms with E-state index in [0.717, 1.165) is 23.3 Å². The fourth-order valence-corrected chi connectivity index (χ4v) is 4.61. The van der Waals surface area contributed by atoms with Gasteiger partial charge in [0.15, 0.2) is 11.5 Å². The summed E-state index contributed by atoms with van der Waals surface area (Å²) >= 11 is 7.95. The Labute approximate surface area is 174 Å². The lowest BCUT2D eigenvalue weighted by atomic mass is 10.0. The minimum absolute atomic E-state index is 0.00221. The number of ether oxygens (including phenoxy) is 3. The van der Waals surface area contributed by atoms with Crippen LogP contribution in [0.15, 0.2) is 35.2 Å². The average Bonchev–Trinajstić information content (AvgIpc) is 2.71. The third-order valence-corrected chi connectivity index (χ3v) is 6.07. The number of benzene rings is 2. The predicted octanol–water partition coefficient (Wildman–Crippen LogP) is 4.65. The molecular weight excluding hydrogens is 398 g/mol. The van der Waals surface area contributed by atoms with Crippen molar-refractivity contribution < 1.29 is 19.0 Å². The summed E-state index contributed by atoms with van der Waals surface area (Å²) in [7, 11) is 4.73. The lowest BCUT2D eigenvalue weighted by Gasteiger charge is -2.26. The summed E-state index contributed by atoms with van der Waals surface area (Å²) in [6, 6.07) is 9.62. The number of fused-ring (bicyclic) bond motifs is 1. The van der Waals surface area contributed by atoms with Crippen molar-refractivity contribution in [2.24, 2.45) is 0 Å². The summed E-state index contributed by atoms with van der Waals surface area (Å²) in [5, 5.41) is 3.85. The third kappa shape index (κ3) is 4.67. The number of amides is 1. The number of hydrogen-bond donors (Lipinski definition) is 1. The number of carbonyl (C=O) groups is 1. The standard InChI is InChI=1S/C21H24ClNO4S/c1-25-17-10-13(11-18(26-2)21(17)27-3)4-7-20(24)23-16-8-9-28-19-6-5-14(22)12-15(16)19/h5-6,10-12,16H,4,7-9H2,1-3H3,(H,23,24). The fourth-order valence-electron chi connectivity index (χ4n) is 3.32. The zero-order valence-corrected chi connectivity index (χ0v) is 17.8. The predicted molar refractivity (Wildman–Crippen MR) is 112 cm³/mol. The Morgan fingerprint density at radius 3 is 2.50 bits per heavy atom. The highest BCUT2D eigenvalue weighted by Gasteiger charge is 2.22. The van der Waals surface area contributed by atoms with Gasteiger partial charge in [-0.05, 0) is 54.3 Å². The molecule has 1 amide bonds. The van der Waals surface area contributed by atoms with Gasteiger partial charge in [0.1, 0.15) is 0 Å². The van der Waals surface area contributed by atoms with Crippen LogP contribution in [0.25, 0.3) is 0 Å². The van der Waals surface area contributed by atoms with Gasteiger partial charge in [-0.25, -0.2) is 0 Å². The molecule has 150 valence electrons. The number of aryl methyl sites for hydroxylation is 1. The van der Waals surface area contributed by atoms with Crippen molar-refractivity contribution in [1.29, 1.82) is 0 Å². The summed E-state index contributed by atoms with van der Waals surface area (Å²) in [6.07, 6.45) is 1.85. The van der Waals surface area contributed by atoms with Gasteiger partial charge in [0.2, 0.25) is 11.7 Å². The van der Waals surface area contributed by atoms with E-state index in [-0.39, 0.29) is 11.9 Å². The molecule has 1 aliphatic rings. The average molecular weight is 422 g/mol. The molecule has 1 N–H and O–H groups in total. The van der Waals surface area contributed by atoms with Crippen LogP contribution in [0, 0.1) is 0 Å². The molecule has 1 atom stereocenters. The molecule has 2 aromatic carbocycles. The molecular formula is C21H24ClNO4S. The van der Waals surface area contributed by atoms with Crippen LogP contribution in [0.4, 0.5) is 0 Å².